The number of carbonyl (C=O) groups excluding carboxylic acids is 1. The summed E-state index contributed by atoms with van der Waals surface area (Å²) in [7, 11) is 0. The molecule has 0 bridgehead atoms. The normalized spacial score (nSPS) is 17.0. The van der Waals surface area contributed by atoms with E-state index in [1.807, 2.05) is 43.3 Å². The minimum absolute atomic E-state index is 0.0898. The summed E-state index contributed by atoms with van der Waals surface area (Å²) in [5.74, 6) is 0.111. The number of carbonyl (C=O) groups is 1. The molecular weight excluding hydrogens is 308 g/mol. The number of rotatable bonds is 5. The van der Waals surface area contributed by atoms with Gasteiger partial charge in [-0.1, -0.05) is 73.5 Å². The van der Waals surface area contributed by atoms with E-state index in [-0.39, 0.29) is 18.0 Å². The van der Waals surface area contributed by atoms with Crippen LogP contribution in [0.1, 0.15) is 49.8 Å². The highest BCUT2D eigenvalue weighted by Gasteiger charge is 2.25. The summed E-state index contributed by atoms with van der Waals surface area (Å²) in [6, 6.07) is 20.2. The van der Waals surface area contributed by atoms with Crippen LogP contribution in [0.15, 0.2) is 60.7 Å². The lowest BCUT2D eigenvalue weighted by atomic mass is 9.98. The SMILES string of the molecule is C[C@H](C(=O)NC(c1ccccc1)c1ccccc1)N1CCCCCC1. The predicted octanol–water partition coefficient (Wildman–Crippen LogP) is 4.16. The number of nitrogens with one attached hydrogen (secondary N) is 1. The Morgan fingerprint density at radius 1 is 0.840 bits per heavy atom. The lowest BCUT2D eigenvalue weighted by Crippen LogP contribution is -2.46. The van der Waals surface area contributed by atoms with Gasteiger partial charge in [-0.05, 0) is 44.0 Å². The second-order valence-corrected chi connectivity index (χ2v) is 6.89. The second kappa shape index (κ2) is 8.82. The van der Waals surface area contributed by atoms with E-state index in [9.17, 15) is 4.79 Å². The van der Waals surface area contributed by atoms with Gasteiger partial charge in [-0.15, -0.1) is 0 Å². The number of likely N-dealkylation sites (tertiary alicyclic amines) is 1. The van der Waals surface area contributed by atoms with E-state index in [2.05, 4.69) is 34.5 Å². The lowest BCUT2D eigenvalue weighted by Gasteiger charge is -2.29. The van der Waals surface area contributed by atoms with Crippen LogP contribution < -0.4 is 5.32 Å². The zero-order chi connectivity index (χ0) is 17.5. The molecule has 0 spiro atoms. The lowest BCUT2D eigenvalue weighted by molar-refractivity contribution is -0.126. The van der Waals surface area contributed by atoms with Crippen LogP contribution in [-0.2, 0) is 4.79 Å². The van der Waals surface area contributed by atoms with Gasteiger partial charge in [0.25, 0.3) is 0 Å². The van der Waals surface area contributed by atoms with Crippen LogP contribution >= 0.6 is 0 Å². The third-order valence-electron chi connectivity index (χ3n) is 5.12. The Morgan fingerprint density at radius 3 is 1.80 bits per heavy atom. The molecule has 1 aliphatic heterocycles. The molecule has 1 N–H and O–H groups in total. The molecule has 1 amide bonds. The van der Waals surface area contributed by atoms with Crippen LogP contribution in [0.25, 0.3) is 0 Å². The molecule has 0 aromatic heterocycles. The quantitative estimate of drug-likeness (QED) is 0.889. The molecule has 2 aromatic rings. The standard InChI is InChI=1S/C22H28N2O/c1-18(24-16-10-2-3-11-17-24)22(25)23-21(19-12-6-4-7-13-19)20-14-8-5-9-15-20/h4-9,12-15,18,21H,2-3,10-11,16-17H2,1H3,(H,23,25)/t18-/m1/s1. The summed E-state index contributed by atoms with van der Waals surface area (Å²) >= 11 is 0. The Bertz CT molecular complexity index is 609. The molecule has 3 heteroatoms. The highest BCUT2D eigenvalue weighted by Crippen LogP contribution is 2.22. The number of nitrogens with zero attached hydrogens (tertiary/aromatic N) is 1. The number of hydrogen-bond donors (Lipinski definition) is 1. The van der Waals surface area contributed by atoms with Gasteiger partial charge >= 0.3 is 0 Å². The third kappa shape index (κ3) is 4.70. The molecular formula is C22H28N2O. The highest BCUT2D eigenvalue weighted by molar-refractivity contribution is 5.82. The molecule has 132 valence electrons. The zero-order valence-electron chi connectivity index (χ0n) is 15.0. The summed E-state index contributed by atoms with van der Waals surface area (Å²) in [4.78, 5) is 15.3. The molecule has 2 aromatic carbocycles. The van der Waals surface area contributed by atoms with Gasteiger partial charge in [-0.25, -0.2) is 0 Å². The van der Waals surface area contributed by atoms with Crippen LogP contribution in [0.3, 0.4) is 0 Å². The molecule has 1 atom stereocenters. The third-order valence-corrected chi connectivity index (χ3v) is 5.12. The van der Waals surface area contributed by atoms with Crippen LogP contribution in [0, 0.1) is 0 Å². The average Bonchev–Trinajstić information content (AvgIpc) is 2.96. The first kappa shape index (κ1) is 17.7. The molecule has 3 nitrogen and oxygen atoms in total. The maximum absolute atomic E-state index is 13.0. The van der Waals surface area contributed by atoms with Crippen molar-refractivity contribution in [3.63, 3.8) is 0 Å². The molecule has 1 heterocycles. The first-order valence-electron chi connectivity index (χ1n) is 9.40. The first-order chi connectivity index (χ1) is 12.3. The van der Waals surface area contributed by atoms with Gasteiger partial charge < -0.3 is 5.32 Å². The molecule has 3 rings (SSSR count). The van der Waals surface area contributed by atoms with E-state index in [4.69, 9.17) is 0 Å². The van der Waals surface area contributed by atoms with Crippen molar-refractivity contribution in [2.75, 3.05) is 13.1 Å². The maximum atomic E-state index is 13.0. The van der Waals surface area contributed by atoms with Crippen molar-refractivity contribution < 1.29 is 4.79 Å². The van der Waals surface area contributed by atoms with Crippen molar-refractivity contribution in [2.24, 2.45) is 0 Å². The Hall–Kier alpha value is -2.13. The number of amides is 1. The highest BCUT2D eigenvalue weighted by atomic mass is 16.2. The monoisotopic (exact) mass is 336 g/mol. The van der Waals surface area contributed by atoms with E-state index in [0.29, 0.717) is 0 Å². The van der Waals surface area contributed by atoms with Gasteiger partial charge in [0.2, 0.25) is 5.91 Å². The zero-order valence-corrected chi connectivity index (χ0v) is 15.0. The first-order valence-corrected chi connectivity index (χ1v) is 9.40. The summed E-state index contributed by atoms with van der Waals surface area (Å²) in [6.45, 7) is 4.08. The smallest absolute Gasteiger partial charge is 0.237 e. The molecule has 0 saturated carbocycles. The van der Waals surface area contributed by atoms with Crippen molar-refractivity contribution >= 4 is 5.91 Å². The van der Waals surface area contributed by atoms with Crippen LogP contribution in [0.2, 0.25) is 0 Å². The van der Waals surface area contributed by atoms with E-state index >= 15 is 0 Å². The Balaban J connectivity index is 1.76. The Morgan fingerprint density at radius 2 is 1.32 bits per heavy atom. The largest absolute Gasteiger partial charge is 0.344 e. The van der Waals surface area contributed by atoms with Crippen LogP contribution in [-0.4, -0.2) is 29.9 Å². The molecule has 1 saturated heterocycles. The topological polar surface area (TPSA) is 32.3 Å². The van der Waals surface area contributed by atoms with Gasteiger partial charge in [0.05, 0.1) is 12.1 Å². The van der Waals surface area contributed by atoms with E-state index in [0.717, 1.165) is 24.2 Å². The minimum atomic E-state index is -0.107. The number of hydrogen-bond acceptors (Lipinski definition) is 2. The Labute approximate surface area is 151 Å². The van der Waals surface area contributed by atoms with Crippen LogP contribution in [0.5, 0.6) is 0 Å². The van der Waals surface area contributed by atoms with Crippen molar-refractivity contribution in [1.82, 2.24) is 10.2 Å². The Kier molecular flexibility index (Phi) is 6.24. The van der Waals surface area contributed by atoms with Crippen molar-refractivity contribution in [1.29, 1.82) is 0 Å². The van der Waals surface area contributed by atoms with Gasteiger partial charge in [0, 0.05) is 0 Å². The number of benzene rings is 2. The van der Waals surface area contributed by atoms with Gasteiger partial charge in [-0.2, -0.15) is 0 Å². The molecule has 0 radical (unpaired) electrons. The van der Waals surface area contributed by atoms with Gasteiger partial charge in [0.1, 0.15) is 0 Å². The fourth-order valence-corrected chi connectivity index (χ4v) is 3.56. The minimum Gasteiger partial charge on any atom is -0.344 e. The van der Waals surface area contributed by atoms with E-state index in [1.54, 1.807) is 0 Å². The van der Waals surface area contributed by atoms with Crippen molar-refractivity contribution in [2.45, 2.75) is 44.7 Å². The van der Waals surface area contributed by atoms with Gasteiger partial charge in [-0.3, -0.25) is 9.69 Å². The molecule has 1 fully saturated rings. The fraction of sp³-hybridized carbons (Fsp3) is 0.409. The molecule has 0 unspecified atom stereocenters. The molecule has 0 aliphatic carbocycles. The second-order valence-electron chi connectivity index (χ2n) is 6.89. The summed E-state index contributed by atoms with van der Waals surface area (Å²) in [6.07, 6.45) is 4.94. The van der Waals surface area contributed by atoms with Crippen molar-refractivity contribution in [3.8, 4) is 0 Å². The molecule has 1 aliphatic rings. The predicted molar refractivity (Wildman–Crippen MR) is 102 cm³/mol. The van der Waals surface area contributed by atoms with E-state index < -0.39 is 0 Å². The van der Waals surface area contributed by atoms with Gasteiger partial charge in [0.15, 0.2) is 0 Å². The summed E-state index contributed by atoms with van der Waals surface area (Å²) < 4.78 is 0. The summed E-state index contributed by atoms with van der Waals surface area (Å²) in [5, 5.41) is 3.29. The van der Waals surface area contributed by atoms with Crippen LogP contribution in [0.4, 0.5) is 0 Å². The fourth-order valence-electron chi connectivity index (χ4n) is 3.56. The van der Waals surface area contributed by atoms with Crippen molar-refractivity contribution in [3.05, 3.63) is 71.8 Å². The maximum Gasteiger partial charge on any atom is 0.237 e. The van der Waals surface area contributed by atoms with E-state index in [1.165, 1.54) is 25.7 Å². The summed E-state index contributed by atoms with van der Waals surface area (Å²) in [5.41, 5.74) is 2.23. The average molecular weight is 336 g/mol. The molecule has 25 heavy (non-hydrogen) atoms.